The highest BCUT2D eigenvalue weighted by Crippen LogP contribution is 2.41. The van der Waals surface area contributed by atoms with Crippen LogP contribution in [0.1, 0.15) is 38.5 Å². The minimum atomic E-state index is -2.58. The molecule has 2 rings (SSSR count). The molecule has 0 aromatic heterocycles. The predicted molar refractivity (Wildman–Crippen MR) is 57.4 cm³/mol. The van der Waals surface area contributed by atoms with Crippen molar-refractivity contribution in [2.45, 2.75) is 49.7 Å². The number of ketones is 1. The number of thioether (sulfide) groups is 1. The van der Waals surface area contributed by atoms with E-state index in [1.807, 2.05) is 0 Å². The van der Waals surface area contributed by atoms with Gasteiger partial charge in [0, 0.05) is 18.8 Å². The van der Waals surface area contributed by atoms with E-state index in [2.05, 4.69) is 0 Å². The first-order valence-corrected chi connectivity index (χ1v) is 6.66. The molecule has 4 heteroatoms. The first-order valence-electron chi connectivity index (χ1n) is 5.62. The SMILES string of the molecule is O=C(C1CCC(F)(F)C1)C1CCCCS1. The minimum absolute atomic E-state index is 0.0117. The van der Waals surface area contributed by atoms with Crippen molar-refractivity contribution in [3.63, 3.8) is 0 Å². The summed E-state index contributed by atoms with van der Waals surface area (Å²) in [6, 6.07) is 0. The lowest BCUT2D eigenvalue weighted by molar-refractivity contribution is -0.123. The number of carbonyl (C=O) groups is 1. The average molecular weight is 234 g/mol. The smallest absolute Gasteiger partial charge is 0.248 e. The Bertz CT molecular complexity index is 249. The molecule has 0 aromatic carbocycles. The Morgan fingerprint density at radius 1 is 1.27 bits per heavy atom. The van der Waals surface area contributed by atoms with Gasteiger partial charge in [0.2, 0.25) is 5.92 Å². The summed E-state index contributed by atoms with van der Waals surface area (Å²) in [5, 5.41) is 0.0117. The number of rotatable bonds is 2. The molecule has 1 heterocycles. The van der Waals surface area contributed by atoms with Crippen molar-refractivity contribution in [2.75, 3.05) is 5.75 Å². The van der Waals surface area contributed by atoms with E-state index in [1.54, 1.807) is 11.8 Å². The van der Waals surface area contributed by atoms with Gasteiger partial charge in [0.1, 0.15) is 5.78 Å². The molecule has 0 radical (unpaired) electrons. The Balaban J connectivity index is 1.90. The monoisotopic (exact) mass is 234 g/mol. The molecule has 0 bridgehead atoms. The van der Waals surface area contributed by atoms with E-state index >= 15 is 0 Å². The van der Waals surface area contributed by atoms with Crippen LogP contribution in [0.15, 0.2) is 0 Å². The summed E-state index contributed by atoms with van der Waals surface area (Å²) in [5.74, 6) is -1.84. The quantitative estimate of drug-likeness (QED) is 0.729. The maximum absolute atomic E-state index is 13.0. The van der Waals surface area contributed by atoms with E-state index in [0.717, 1.165) is 25.0 Å². The molecule has 0 spiro atoms. The van der Waals surface area contributed by atoms with Crippen LogP contribution in [-0.4, -0.2) is 22.7 Å². The first-order chi connectivity index (χ1) is 7.08. The van der Waals surface area contributed by atoms with Crippen molar-refractivity contribution >= 4 is 17.5 Å². The van der Waals surface area contributed by atoms with Gasteiger partial charge in [-0.3, -0.25) is 4.79 Å². The van der Waals surface area contributed by atoms with Gasteiger partial charge in [-0.05, 0) is 25.0 Å². The number of alkyl halides is 2. The van der Waals surface area contributed by atoms with E-state index < -0.39 is 5.92 Å². The van der Waals surface area contributed by atoms with Gasteiger partial charge in [0.15, 0.2) is 0 Å². The minimum Gasteiger partial charge on any atom is -0.298 e. The molecular weight excluding hydrogens is 218 g/mol. The van der Waals surface area contributed by atoms with Crippen LogP contribution in [0.2, 0.25) is 0 Å². The molecule has 1 saturated carbocycles. The number of hydrogen-bond acceptors (Lipinski definition) is 2. The highest BCUT2D eigenvalue weighted by Gasteiger charge is 2.44. The summed E-state index contributed by atoms with van der Waals surface area (Å²) in [6.07, 6.45) is 3.22. The highest BCUT2D eigenvalue weighted by molar-refractivity contribution is 8.00. The Morgan fingerprint density at radius 3 is 2.60 bits per heavy atom. The summed E-state index contributed by atoms with van der Waals surface area (Å²) >= 11 is 1.66. The number of halogens is 2. The molecule has 0 aromatic rings. The highest BCUT2D eigenvalue weighted by atomic mass is 32.2. The molecule has 0 amide bonds. The zero-order chi connectivity index (χ0) is 10.9. The Hall–Kier alpha value is -0.120. The van der Waals surface area contributed by atoms with Gasteiger partial charge in [-0.15, -0.1) is 0 Å². The third-order valence-corrected chi connectivity index (χ3v) is 4.70. The second kappa shape index (κ2) is 4.40. The third-order valence-electron chi connectivity index (χ3n) is 3.30. The fraction of sp³-hybridized carbons (Fsp3) is 0.909. The van der Waals surface area contributed by atoms with Gasteiger partial charge in [0.25, 0.3) is 0 Å². The van der Waals surface area contributed by atoms with Gasteiger partial charge >= 0.3 is 0 Å². The summed E-state index contributed by atoms with van der Waals surface area (Å²) in [4.78, 5) is 11.9. The standard InChI is InChI=1S/C11H16F2OS/c12-11(13)5-4-8(7-11)10(14)9-3-1-2-6-15-9/h8-9H,1-7H2. The van der Waals surface area contributed by atoms with E-state index in [9.17, 15) is 13.6 Å². The van der Waals surface area contributed by atoms with Crippen LogP contribution in [0.4, 0.5) is 8.78 Å². The molecule has 86 valence electrons. The molecule has 2 aliphatic rings. The summed E-state index contributed by atoms with van der Waals surface area (Å²) in [7, 11) is 0. The van der Waals surface area contributed by atoms with Crippen LogP contribution in [0.5, 0.6) is 0 Å². The molecule has 1 aliphatic carbocycles. The van der Waals surface area contributed by atoms with Crippen molar-refractivity contribution in [1.29, 1.82) is 0 Å². The van der Waals surface area contributed by atoms with Crippen molar-refractivity contribution in [3.05, 3.63) is 0 Å². The summed E-state index contributed by atoms with van der Waals surface area (Å²) < 4.78 is 25.9. The van der Waals surface area contributed by atoms with Crippen molar-refractivity contribution < 1.29 is 13.6 Å². The predicted octanol–water partition coefficient (Wildman–Crippen LogP) is 3.28. The fourth-order valence-electron chi connectivity index (χ4n) is 2.42. The third kappa shape index (κ3) is 2.71. The number of carbonyl (C=O) groups excluding carboxylic acids is 1. The fourth-order valence-corrected chi connectivity index (χ4v) is 3.77. The Morgan fingerprint density at radius 2 is 2.07 bits per heavy atom. The maximum atomic E-state index is 13.0. The van der Waals surface area contributed by atoms with Gasteiger partial charge in [-0.2, -0.15) is 11.8 Å². The van der Waals surface area contributed by atoms with E-state index in [1.165, 1.54) is 0 Å². The van der Waals surface area contributed by atoms with Gasteiger partial charge in [0.05, 0.1) is 5.25 Å². The zero-order valence-electron chi connectivity index (χ0n) is 8.68. The van der Waals surface area contributed by atoms with E-state index in [-0.39, 0.29) is 29.8 Å². The molecule has 2 unspecified atom stereocenters. The number of hydrogen-bond donors (Lipinski definition) is 0. The van der Waals surface area contributed by atoms with E-state index in [0.29, 0.717) is 6.42 Å². The van der Waals surface area contributed by atoms with Crippen LogP contribution >= 0.6 is 11.8 Å². The zero-order valence-corrected chi connectivity index (χ0v) is 9.49. The lowest BCUT2D eigenvalue weighted by Gasteiger charge is -2.22. The number of Topliss-reactive ketones (excluding diaryl/α,β-unsaturated/α-hetero) is 1. The lowest BCUT2D eigenvalue weighted by Crippen LogP contribution is -2.27. The lowest BCUT2D eigenvalue weighted by atomic mass is 9.97. The van der Waals surface area contributed by atoms with Crippen molar-refractivity contribution in [3.8, 4) is 0 Å². The maximum Gasteiger partial charge on any atom is 0.248 e. The van der Waals surface area contributed by atoms with Gasteiger partial charge in [-0.25, -0.2) is 8.78 Å². The second-order valence-electron chi connectivity index (χ2n) is 4.55. The van der Waals surface area contributed by atoms with Crippen molar-refractivity contribution in [1.82, 2.24) is 0 Å². The molecule has 1 saturated heterocycles. The Kier molecular flexibility index (Phi) is 3.33. The van der Waals surface area contributed by atoms with Crippen LogP contribution in [0.25, 0.3) is 0 Å². The average Bonchev–Trinajstić information content (AvgIpc) is 2.59. The molecule has 2 fully saturated rings. The normalized spacial score (nSPS) is 35.3. The Labute approximate surface area is 93.0 Å². The van der Waals surface area contributed by atoms with Crippen LogP contribution < -0.4 is 0 Å². The molecule has 1 aliphatic heterocycles. The second-order valence-corrected chi connectivity index (χ2v) is 5.86. The van der Waals surface area contributed by atoms with Crippen LogP contribution in [-0.2, 0) is 4.79 Å². The molecule has 15 heavy (non-hydrogen) atoms. The molecule has 0 N–H and O–H groups in total. The topological polar surface area (TPSA) is 17.1 Å². The molecular formula is C11H16F2OS. The van der Waals surface area contributed by atoms with Crippen LogP contribution in [0.3, 0.4) is 0 Å². The summed E-state index contributed by atoms with van der Waals surface area (Å²) in [6.45, 7) is 0. The van der Waals surface area contributed by atoms with Gasteiger partial charge < -0.3 is 0 Å². The van der Waals surface area contributed by atoms with Crippen molar-refractivity contribution in [2.24, 2.45) is 5.92 Å². The van der Waals surface area contributed by atoms with Crippen LogP contribution in [0, 0.1) is 5.92 Å². The molecule has 2 atom stereocenters. The summed E-state index contributed by atoms with van der Waals surface area (Å²) in [5.41, 5.74) is 0. The largest absolute Gasteiger partial charge is 0.298 e. The molecule has 1 nitrogen and oxygen atoms in total. The van der Waals surface area contributed by atoms with Gasteiger partial charge in [-0.1, -0.05) is 6.42 Å². The first kappa shape index (κ1) is 11.4. The van der Waals surface area contributed by atoms with E-state index in [4.69, 9.17) is 0 Å².